The molecule has 2 nitrogen and oxygen atoms in total. The summed E-state index contributed by atoms with van der Waals surface area (Å²) in [5, 5.41) is 6.14. The van der Waals surface area contributed by atoms with Crippen LogP contribution in [-0.2, 0) is 17.1 Å². The largest absolute Gasteiger partial charge is 0.416 e. The molecule has 2 aromatic rings. The van der Waals surface area contributed by atoms with Gasteiger partial charge in [-0.05, 0) is 39.0 Å². The summed E-state index contributed by atoms with van der Waals surface area (Å²) in [5.74, 6) is 0. The third kappa shape index (κ3) is 4.47. The van der Waals surface area contributed by atoms with Crippen LogP contribution < -0.4 is 9.88 Å². The average molecular weight is 392 g/mol. The fourth-order valence-electron chi connectivity index (χ4n) is 2.50. The first-order valence-electron chi connectivity index (χ1n) is 7.89. The summed E-state index contributed by atoms with van der Waals surface area (Å²) in [5.41, 5.74) is 0.294. The highest BCUT2D eigenvalue weighted by atomic mass is 35.5. The van der Waals surface area contributed by atoms with Crippen molar-refractivity contribution in [3.05, 3.63) is 39.9 Å². The molecular weight excluding hydrogens is 369 g/mol. The Morgan fingerprint density at radius 3 is 2.12 bits per heavy atom. The maximum Gasteiger partial charge on any atom is 0.416 e. The molecule has 0 unspecified atom stereocenters. The Morgan fingerprint density at radius 2 is 1.64 bits per heavy atom. The maximum atomic E-state index is 13.0. The third-order valence-corrected chi connectivity index (χ3v) is 4.88. The van der Waals surface area contributed by atoms with Crippen molar-refractivity contribution in [2.45, 2.75) is 58.7 Å². The Hall–Kier alpha value is -1.27. The average Bonchev–Trinajstić information content (AvgIpc) is 2.83. The zero-order valence-corrected chi connectivity index (χ0v) is 16.7. The number of anilines is 2. The number of alkyl halides is 3. The van der Waals surface area contributed by atoms with Crippen LogP contribution in [0, 0.1) is 0 Å². The van der Waals surface area contributed by atoms with Crippen molar-refractivity contribution in [2.24, 2.45) is 0 Å². The molecule has 0 amide bonds. The van der Waals surface area contributed by atoms with Gasteiger partial charge in [-0.25, -0.2) is 9.88 Å². The zero-order chi connectivity index (χ0) is 19.2. The third-order valence-electron chi connectivity index (χ3n) is 3.70. The molecule has 0 saturated heterocycles. The minimum Gasteiger partial charge on any atom is -0.230 e. The van der Waals surface area contributed by atoms with Gasteiger partial charge in [-0.15, -0.1) is 0 Å². The number of hydrogen-bond donors (Lipinski definition) is 1. The highest BCUT2D eigenvalue weighted by Gasteiger charge is 2.35. The van der Waals surface area contributed by atoms with E-state index < -0.39 is 11.7 Å². The fourth-order valence-corrected chi connectivity index (χ4v) is 4.00. The van der Waals surface area contributed by atoms with Crippen molar-refractivity contribution in [1.82, 2.24) is 0 Å². The molecule has 0 radical (unpaired) electrons. The van der Waals surface area contributed by atoms with Gasteiger partial charge in [0.15, 0.2) is 0 Å². The van der Waals surface area contributed by atoms with E-state index in [1.54, 1.807) is 0 Å². The Balaban J connectivity index is 2.54. The van der Waals surface area contributed by atoms with Gasteiger partial charge in [0.1, 0.15) is 16.9 Å². The van der Waals surface area contributed by atoms with E-state index in [0.29, 0.717) is 0 Å². The van der Waals surface area contributed by atoms with E-state index in [1.165, 1.54) is 17.4 Å². The van der Waals surface area contributed by atoms with Crippen molar-refractivity contribution in [3.8, 4) is 0 Å². The summed E-state index contributed by atoms with van der Waals surface area (Å²) in [7, 11) is 0. The van der Waals surface area contributed by atoms with Crippen molar-refractivity contribution in [2.75, 3.05) is 5.32 Å². The SMILES string of the molecule is CC(C)(C)c1csc(Nc2cc(C(F)(F)F)ccc2Cl)[n+]1C(C)(C)C. The molecule has 0 aliphatic rings. The quantitative estimate of drug-likeness (QED) is 0.577. The molecule has 2 rings (SSSR count). The fraction of sp³-hybridized carbons (Fsp3) is 0.500. The highest BCUT2D eigenvalue weighted by Crippen LogP contribution is 2.36. The molecule has 0 saturated carbocycles. The van der Waals surface area contributed by atoms with Gasteiger partial charge < -0.3 is 0 Å². The summed E-state index contributed by atoms with van der Waals surface area (Å²) < 4.78 is 41.1. The second kappa shape index (κ2) is 6.47. The molecule has 25 heavy (non-hydrogen) atoms. The van der Waals surface area contributed by atoms with E-state index in [-0.39, 0.29) is 21.7 Å². The van der Waals surface area contributed by atoms with E-state index >= 15 is 0 Å². The first kappa shape index (κ1) is 20.0. The second-order valence-corrected chi connectivity index (χ2v) is 9.27. The van der Waals surface area contributed by atoms with Gasteiger partial charge in [-0.1, -0.05) is 43.7 Å². The molecule has 0 fully saturated rings. The van der Waals surface area contributed by atoms with Crippen molar-refractivity contribution >= 4 is 33.8 Å². The van der Waals surface area contributed by atoms with Crippen molar-refractivity contribution in [3.63, 3.8) is 0 Å². The van der Waals surface area contributed by atoms with Gasteiger partial charge >= 0.3 is 11.3 Å². The summed E-state index contributed by atoms with van der Waals surface area (Å²) >= 11 is 7.58. The minimum atomic E-state index is -4.41. The molecule has 1 N–H and O–H groups in total. The molecule has 138 valence electrons. The van der Waals surface area contributed by atoms with Crippen LogP contribution in [0.25, 0.3) is 0 Å². The second-order valence-electron chi connectivity index (χ2n) is 8.00. The van der Waals surface area contributed by atoms with Crippen LogP contribution in [0.4, 0.5) is 24.0 Å². The predicted molar refractivity (Wildman–Crippen MR) is 97.9 cm³/mol. The number of nitrogens with one attached hydrogen (secondary N) is 1. The number of halogens is 4. The lowest BCUT2D eigenvalue weighted by Gasteiger charge is -2.25. The smallest absolute Gasteiger partial charge is 0.230 e. The molecule has 0 atom stereocenters. The number of benzene rings is 1. The van der Waals surface area contributed by atoms with Crippen LogP contribution in [0.1, 0.15) is 52.8 Å². The monoisotopic (exact) mass is 391 g/mol. The Labute approximate surface area is 155 Å². The molecule has 7 heteroatoms. The molecule has 1 heterocycles. The van der Waals surface area contributed by atoms with E-state index in [4.69, 9.17) is 11.6 Å². The number of hydrogen-bond acceptors (Lipinski definition) is 2. The van der Waals surface area contributed by atoms with Gasteiger partial charge in [0.05, 0.1) is 10.6 Å². The minimum absolute atomic E-state index is 0.0959. The van der Waals surface area contributed by atoms with Gasteiger partial charge in [-0.3, -0.25) is 0 Å². The molecule has 0 aliphatic carbocycles. The predicted octanol–water partition coefficient (Wildman–Crippen LogP) is 6.50. The van der Waals surface area contributed by atoms with Gasteiger partial charge in [0.25, 0.3) is 0 Å². The summed E-state index contributed by atoms with van der Waals surface area (Å²) in [6.07, 6.45) is -4.41. The van der Waals surface area contributed by atoms with Crippen LogP contribution in [-0.4, -0.2) is 0 Å². The van der Waals surface area contributed by atoms with E-state index in [9.17, 15) is 13.2 Å². The number of thiazole rings is 1. The van der Waals surface area contributed by atoms with Crippen LogP contribution in [0.3, 0.4) is 0 Å². The molecule has 1 aromatic carbocycles. The van der Waals surface area contributed by atoms with Crippen LogP contribution in [0.2, 0.25) is 5.02 Å². The summed E-state index contributed by atoms with van der Waals surface area (Å²) in [6.45, 7) is 12.5. The maximum absolute atomic E-state index is 13.0. The molecule has 0 aliphatic heterocycles. The van der Waals surface area contributed by atoms with E-state index in [2.05, 4.69) is 51.4 Å². The van der Waals surface area contributed by atoms with Crippen molar-refractivity contribution in [1.29, 1.82) is 0 Å². The lowest BCUT2D eigenvalue weighted by atomic mass is 9.91. The first-order valence-corrected chi connectivity index (χ1v) is 9.15. The summed E-state index contributed by atoms with van der Waals surface area (Å²) in [6, 6.07) is 3.30. The van der Waals surface area contributed by atoms with Gasteiger partial charge in [0.2, 0.25) is 0 Å². The van der Waals surface area contributed by atoms with Crippen molar-refractivity contribution < 1.29 is 17.7 Å². The van der Waals surface area contributed by atoms with Crippen LogP contribution in [0.15, 0.2) is 23.6 Å². The Morgan fingerprint density at radius 1 is 1.04 bits per heavy atom. The van der Waals surface area contributed by atoms with Gasteiger partial charge in [-0.2, -0.15) is 13.2 Å². The topological polar surface area (TPSA) is 15.9 Å². The highest BCUT2D eigenvalue weighted by molar-refractivity contribution is 7.13. The lowest BCUT2D eigenvalue weighted by Crippen LogP contribution is -2.55. The Kier molecular flexibility index (Phi) is 5.19. The summed E-state index contributed by atoms with van der Waals surface area (Å²) in [4.78, 5) is 0. The molecular formula is C18H23ClF3N2S+. The molecule has 0 bridgehead atoms. The lowest BCUT2D eigenvalue weighted by molar-refractivity contribution is -0.746. The number of nitrogens with zero attached hydrogens (tertiary/aromatic N) is 1. The van der Waals surface area contributed by atoms with E-state index in [1.807, 2.05) is 5.38 Å². The number of rotatable bonds is 2. The van der Waals surface area contributed by atoms with E-state index in [0.717, 1.165) is 23.0 Å². The first-order chi connectivity index (χ1) is 11.2. The van der Waals surface area contributed by atoms with Crippen LogP contribution in [0.5, 0.6) is 0 Å². The number of aromatic nitrogens is 1. The van der Waals surface area contributed by atoms with Crippen LogP contribution >= 0.6 is 22.9 Å². The molecule has 1 aromatic heterocycles. The normalized spacial score (nSPS) is 13.2. The standard InChI is InChI=1S/C18H22ClF3N2S/c1-16(2,3)14-10-25-15(24(14)17(4,5)6)23-13-9-11(18(20,21)22)7-8-12(13)19/h7-10H,1-6H3/p+1. The Bertz CT molecular complexity index is 768. The molecule has 0 spiro atoms. The van der Waals surface area contributed by atoms with Gasteiger partial charge in [0, 0.05) is 10.8 Å². The zero-order valence-electron chi connectivity index (χ0n) is 15.2.